The molecule has 1 nitrogen and oxygen atoms in total. The Balaban J connectivity index is 2.40. The molecular weight excluding hydrogens is 182 g/mol. The Bertz CT molecular complexity index is 297. The zero-order valence-corrected chi connectivity index (χ0v) is 9.37. The lowest BCUT2D eigenvalue weighted by Gasteiger charge is -2.16. The highest BCUT2D eigenvalue weighted by atomic mass is 14.9. The number of unbranched alkanes of at least 4 members (excludes halogenated alkanes) is 2. The van der Waals surface area contributed by atoms with E-state index in [1.807, 2.05) is 7.05 Å². The molecule has 0 spiro atoms. The molecule has 0 radical (unpaired) electrons. The summed E-state index contributed by atoms with van der Waals surface area (Å²) in [6.07, 6.45) is 9.58. The van der Waals surface area contributed by atoms with Crippen molar-refractivity contribution in [3.63, 3.8) is 0 Å². The molecule has 1 rings (SSSR count). The lowest BCUT2D eigenvalue weighted by atomic mass is 10.0. The Kier molecular flexibility index (Phi) is 5.58. The van der Waals surface area contributed by atoms with E-state index < -0.39 is 0 Å². The van der Waals surface area contributed by atoms with E-state index in [9.17, 15) is 0 Å². The fourth-order valence-corrected chi connectivity index (χ4v) is 1.74. The minimum Gasteiger partial charge on any atom is -0.313 e. The molecule has 0 bridgehead atoms. The van der Waals surface area contributed by atoms with Gasteiger partial charge in [-0.15, -0.1) is 12.3 Å². The van der Waals surface area contributed by atoms with E-state index in [0.717, 1.165) is 19.3 Å². The normalized spacial score (nSPS) is 12.0. The molecular formula is C14H19N. The minimum absolute atomic E-state index is 0.462. The van der Waals surface area contributed by atoms with Gasteiger partial charge in [-0.05, 0) is 25.5 Å². The molecule has 0 aromatic heterocycles. The number of benzene rings is 1. The van der Waals surface area contributed by atoms with Crippen molar-refractivity contribution in [3.8, 4) is 12.3 Å². The van der Waals surface area contributed by atoms with E-state index >= 15 is 0 Å². The van der Waals surface area contributed by atoms with Crippen LogP contribution in [0.4, 0.5) is 0 Å². The van der Waals surface area contributed by atoms with Gasteiger partial charge in [0.25, 0.3) is 0 Å². The Morgan fingerprint density at radius 2 is 2.00 bits per heavy atom. The van der Waals surface area contributed by atoms with Crippen molar-refractivity contribution in [3.05, 3.63) is 35.9 Å². The molecule has 1 aromatic rings. The van der Waals surface area contributed by atoms with E-state index in [-0.39, 0.29) is 0 Å². The van der Waals surface area contributed by atoms with Gasteiger partial charge < -0.3 is 5.32 Å². The summed E-state index contributed by atoms with van der Waals surface area (Å²) in [4.78, 5) is 0. The smallest absolute Gasteiger partial charge is 0.0317 e. The molecule has 1 heteroatoms. The van der Waals surface area contributed by atoms with Crippen LogP contribution in [0, 0.1) is 12.3 Å². The highest BCUT2D eigenvalue weighted by molar-refractivity contribution is 5.18. The molecule has 1 atom stereocenters. The van der Waals surface area contributed by atoms with Crippen LogP contribution in [0.2, 0.25) is 0 Å². The van der Waals surface area contributed by atoms with Crippen LogP contribution in [0.25, 0.3) is 0 Å². The van der Waals surface area contributed by atoms with E-state index in [1.165, 1.54) is 12.0 Å². The summed E-state index contributed by atoms with van der Waals surface area (Å²) in [5, 5.41) is 3.34. The summed E-state index contributed by atoms with van der Waals surface area (Å²) < 4.78 is 0. The monoisotopic (exact) mass is 201 g/mol. The van der Waals surface area contributed by atoms with Gasteiger partial charge in [0.15, 0.2) is 0 Å². The first-order valence-electron chi connectivity index (χ1n) is 5.54. The lowest BCUT2D eigenvalue weighted by Crippen LogP contribution is -2.16. The van der Waals surface area contributed by atoms with E-state index in [1.54, 1.807) is 0 Å². The van der Waals surface area contributed by atoms with Gasteiger partial charge in [0.2, 0.25) is 0 Å². The molecule has 0 heterocycles. The van der Waals surface area contributed by atoms with Gasteiger partial charge in [0, 0.05) is 12.5 Å². The minimum atomic E-state index is 0.462. The maximum absolute atomic E-state index is 5.22. The van der Waals surface area contributed by atoms with Gasteiger partial charge in [-0.25, -0.2) is 0 Å². The fourth-order valence-electron chi connectivity index (χ4n) is 1.74. The van der Waals surface area contributed by atoms with Gasteiger partial charge in [0.05, 0.1) is 0 Å². The molecule has 0 saturated heterocycles. The standard InChI is InChI=1S/C14H19N/c1-3-4-5-9-12-14(15-2)13-10-7-6-8-11-13/h1,6-8,10-11,14-15H,4-5,9,12H2,2H3. The second-order valence-corrected chi connectivity index (χ2v) is 3.70. The van der Waals surface area contributed by atoms with E-state index in [4.69, 9.17) is 6.42 Å². The number of hydrogen-bond donors (Lipinski definition) is 1. The molecule has 1 aromatic carbocycles. The number of terminal acetylenes is 1. The van der Waals surface area contributed by atoms with Crippen molar-refractivity contribution in [2.45, 2.75) is 31.7 Å². The van der Waals surface area contributed by atoms with E-state index in [2.05, 4.69) is 41.6 Å². The predicted octanol–water partition coefficient (Wildman–Crippen LogP) is 3.14. The third-order valence-corrected chi connectivity index (χ3v) is 2.61. The molecule has 80 valence electrons. The van der Waals surface area contributed by atoms with Gasteiger partial charge >= 0.3 is 0 Å². The summed E-state index contributed by atoms with van der Waals surface area (Å²) in [5.74, 6) is 2.68. The maximum Gasteiger partial charge on any atom is 0.0317 e. The van der Waals surface area contributed by atoms with Crippen LogP contribution in [0.1, 0.15) is 37.3 Å². The SMILES string of the molecule is C#CCCCCC(NC)c1ccccc1. The van der Waals surface area contributed by atoms with Crippen LogP contribution >= 0.6 is 0 Å². The Morgan fingerprint density at radius 1 is 1.27 bits per heavy atom. The van der Waals surface area contributed by atoms with Crippen LogP contribution in [0.5, 0.6) is 0 Å². The van der Waals surface area contributed by atoms with Crippen molar-refractivity contribution < 1.29 is 0 Å². The zero-order chi connectivity index (χ0) is 10.9. The largest absolute Gasteiger partial charge is 0.313 e. The number of nitrogens with one attached hydrogen (secondary N) is 1. The van der Waals surface area contributed by atoms with Gasteiger partial charge in [0.1, 0.15) is 0 Å². The Morgan fingerprint density at radius 3 is 2.60 bits per heavy atom. The Hall–Kier alpha value is -1.26. The van der Waals surface area contributed by atoms with Crippen molar-refractivity contribution in [2.75, 3.05) is 7.05 Å². The predicted molar refractivity (Wildman–Crippen MR) is 65.5 cm³/mol. The highest BCUT2D eigenvalue weighted by Gasteiger charge is 2.06. The van der Waals surface area contributed by atoms with Crippen molar-refractivity contribution in [1.29, 1.82) is 0 Å². The number of rotatable bonds is 6. The summed E-state index contributed by atoms with van der Waals surface area (Å²) in [6, 6.07) is 11.0. The third kappa shape index (κ3) is 4.18. The first-order valence-corrected chi connectivity index (χ1v) is 5.54. The lowest BCUT2D eigenvalue weighted by molar-refractivity contribution is 0.517. The first-order chi connectivity index (χ1) is 7.38. The third-order valence-electron chi connectivity index (χ3n) is 2.61. The van der Waals surface area contributed by atoms with Crippen LogP contribution in [-0.4, -0.2) is 7.05 Å². The average Bonchev–Trinajstić information content (AvgIpc) is 2.30. The van der Waals surface area contributed by atoms with Crippen molar-refractivity contribution in [2.24, 2.45) is 0 Å². The van der Waals surface area contributed by atoms with Crippen LogP contribution in [0.15, 0.2) is 30.3 Å². The molecule has 0 amide bonds. The highest BCUT2D eigenvalue weighted by Crippen LogP contribution is 2.18. The molecule has 0 fully saturated rings. The van der Waals surface area contributed by atoms with Gasteiger partial charge in [-0.1, -0.05) is 36.8 Å². The maximum atomic E-state index is 5.22. The summed E-state index contributed by atoms with van der Waals surface area (Å²) in [6.45, 7) is 0. The molecule has 0 saturated carbocycles. The molecule has 15 heavy (non-hydrogen) atoms. The number of hydrogen-bond acceptors (Lipinski definition) is 1. The molecule has 0 aliphatic rings. The molecule has 0 aliphatic heterocycles. The van der Waals surface area contributed by atoms with Gasteiger partial charge in [-0.2, -0.15) is 0 Å². The van der Waals surface area contributed by atoms with Crippen LogP contribution in [0.3, 0.4) is 0 Å². The van der Waals surface area contributed by atoms with Crippen LogP contribution < -0.4 is 5.32 Å². The van der Waals surface area contributed by atoms with Crippen molar-refractivity contribution in [1.82, 2.24) is 5.32 Å². The zero-order valence-electron chi connectivity index (χ0n) is 9.37. The first kappa shape index (κ1) is 11.8. The Labute approximate surface area is 92.9 Å². The molecule has 1 unspecified atom stereocenters. The molecule has 0 aliphatic carbocycles. The quantitative estimate of drug-likeness (QED) is 0.550. The average molecular weight is 201 g/mol. The summed E-state index contributed by atoms with van der Waals surface area (Å²) >= 11 is 0. The summed E-state index contributed by atoms with van der Waals surface area (Å²) in [5.41, 5.74) is 1.36. The topological polar surface area (TPSA) is 12.0 Å². The summed E-state index contributed by atoms with van der Waals surface area (Å²) in [7, 11) is 2.01. The van der Waals surface area contributed by atoms with Gasteiger partial charge in [-0.3, -0.25) is 0 Å². The second-order valence-electron chi connectivity index (χ2n) is 3.70. The fraction of sp³-hybridized carbons (Fsp3) is 0.429. The molecule has 1 N–H and O–H groups in total. The van der Waals surface area contributed by atoms with Crippen LogP contribution in [-0.2, 0) is 0 Å². The second kappa shape index (κ2) is 7.09. The van der Waals surface area contributed by atoms with E-state index in [0.29, 0.717) is 6.04 Å². The van der Waals surface area contributed by atoms with Crippen molar-refractivity contribution >= 4 is 0 Å².